The number of aromatic nitrogens is 2. The molecule has 0 amide bonds. The van der Waals surface area contributed by atoms with E-state index in [0.29, 0.717) is 0 Å². The van der Waals surface area contributed by atoms with Gasteiger partial charge in [0.05, 0.1) is 0 Å². The summed E-state index contributed by atoms with van der Waals surface area (Å²) in [5.74, 6) is 1.81. The number of rotatable bonds is 2. The molecule has 0 saturated heterocycles. The van der Waals surface area contributed by atoms with Gasteiger partial charge in [-0.05, 0) is 62.6 Å². The summed E-state index contributed by atoms with van der Waals surface area (Å²) in [6.45, 7) is 8.60. The van der Waals surface area contributed by atoms with E-state index in [9.17, 15) is 0 Å². The highest BCUT2D eigenvalue weighted by atomic mass is 15.5. The molecule has 3 aromatic rings. The van der Waals surface area contributed by atoms with Crippen LogP contribution in [0, 0.1) is 20.8 Å². The number of para-hydroxylation sites is 1. The molecule has 126 valence electrons. The van der Waals surface area contributed by atoms with Crippen LogP contribution in [0.2, 0.25) is 0 Å². The van der Waals surface area contributed by atoms with Gasteiger partial charge in [-0.25, -0.2) is 9.97 Å². The maximum Gasteiger partial charge on any atom is 0.178 e. The Morgan fingerprint density at radius 2 is 1.40 bits per heavy atom. The summed E-state index contributed by atoms with van der Waals surface area (Å²) in [5.41, 5.74) is 6.06. The van der Waals surface area contributed by atoms with Crippen LogP contribution in [0.15, 0.2) is 54.9 Å². The molecule has 0 unspecified atom stereocenters. The van der Waals surface area contributed by atoms with E-state index in [1.807, 2.05) is 0 Å². The Morgan fingerprint density at radius 3 is 2.04 bits per heavy atom. The predicted octanol–water partition coefficient (Wildman–Crippen LogP) is 5.04. The van der Waals surface area contributed by atoms with Crippen molar-refractivity contribution >= 4 is 23.0 Å². The van der Waals surface area contributed by atoms with Crippen LogP contribution in [0.4, 0.5) is 23.0 Å². The van der Waals surface area contributed by atoms with Crippen molar-refractivity contribution in [2.45, 2.75) is 33.9 Å². The Labute approximate surface area is 148 Å². The van der Waals surface area contributed by atoms with Gasteiger partial charge in [0.2, 0.25) is 0 Å². The molecule has 1 atom stereocenters. The lowest BCUT2D eigenvalue weighted by molar-refractivity contribution is 0.752. The molecular weight excluding hydrogens is 308 g/mol. The second-order valence-corrected chi connectivity index (χ2v) is 6.71. The summed E-state index contributed by atoms with van der Waals surface area (Å²) in [6, 6.07) is 15.0. The molecule has 4 nitrogen and oxygen atoms in total. The summed E-state index contributed by atoms with van der Waals surface area (Å²) < 4.78 is 0. The van der Waals surface area contributed by atoms with Gasteiger partial charge in [0, 0.05) is 23.8 Å². The van der Waals surface area contributed by atoms with E-state index in [-0.39, 0.29) is 6.17 Å². The molecule has 1 aliphatic rings. The van der Waals surface area contributed by atoms with Gasteiger partial charge < -0.3 is 9.80 Å². The van der Waals surface area contributed by atoms with Crippen molar-refractivity contribution in [3.05, 3.63) is 71.5 Å². The molecule has 0 radical (unpaired) electrons. The quantitative estimate of drug-likeness (QED) is 0.659. The van der Waals surface area contributed by atoms with Gasteiger partial charge in [-0.3, -0.25) is 0 Å². The molecular formula is C21H22N4. The molecule has 1 aliphatic heterocycles. The van der Waals surface area contributed by atoms with Crippen molar-refractivity contribution in [2.75, 3.05) is 9.80 Å². The van der Waals surface area contributed by atoms with Gasteiger partial charge in [-0.2, -0.15) is 0 Å². The van der Waals surface area contributed by atoms with Crippen molar-refractivity contribution in [1.29, 1.82) is 0 Å². The van der Waals surface area contributed by atoms with E-state index in [2.05, 4.69) is 89.9 Å². The van der Waals surface area contributed by atoms with Gasteiger partial charge in [0.25, 0.3) is 0 Å². The zero-order valence-electron chi connectivity index (χ0n) is 15.1. The van der Waals surface area contributed by atoms with E-state index in [0.717, 1.165) is 17.3 Å². The van der Waals surface area contributed by atoms with E-state index < -0.39 is 0 Å². The summed E-state index contributed by atoms with van der Waals surface area (Å²) >= 11 is 0. The molecule has 0 bridgehead atoms. The zero-order valence-corrected chi connectivity index (χ0v) is 15.1. The second-order valence-electron chi connectivity index (χ2n) is 6.71. The monoisotopic (exact) mass is 330 g/mol. The lowest BCUT2D eigenvalue weighted by Crippen LogP contribution is -2.36. The molecule has 0 aliphatic carbocycles. The van der Waals surface area contributed by atoms with Gasteiger partial charge in [0.1, 0.15) is 6.17 Å². The first-order valence-electron chi connectivity index (χ1n) is 8.59. The average molecular weight is 330 g/mol. The number of hydrogen-bond donors (Lipinski definition) is 0. The maximum absolute atomic E-state index is 4.65. The zero-order chi connectivity index (χ0) is 17.6. The highest BCUT2D eigenvalue weighted by molar-refractivity contribution is 5.84. The maximum atomic E-state index is 4.65. The lowest BCUT2D eigenvalue weighted by Gasteiger charge is -2.30. The first-order valence-corrected chi connectivity index (χ1v) is 8.59. The van der Waals surface area contributed by atoms with Crippen LogP contribution in [0.1, 0.15) is 23.6 Å². The fraction of sp³-hybridized carbons (Fsp3) is 0.238. The molecule has 0 saturated carbocycles. The molecule has 0 N–H and O–H groups in total. The SMILES string of the molecule is Cc1cc(C)cc(N2c3nccnc3N(c3ccccc3C)[C@@H]2C)c1. The number of fused-ring (bicyclic) bond motifs is 1. The van der Waals surface area contributed by atoms with E-state index >= 15 is 0 Å². The Bertz CT molecular complexity index is 914. The minimum absolute atomic E-state index is 0.0969. The fourth-order valence-corrected chi connectivity index (χ4v) is 3.71. The van der Waals surface area contributed by atoms with Crippen LogP contribution in [0.25, 0.3) is 0 Å². The molecule has 4 rings (SSSR count). The molecule has 2 heterocycles. The van der Waals surface area contributed by atoms with Crippen LogP contribution >= 0.6 is 0 Å². The average Bonchev–Trinajstić information content (AvgIpc) is 2.86. The highest BCUT2D eigenvalue weighted by Gasteiger charge is 2.37. The number of nitrogens with zero attached hydrogens (tertiary/aromatic N) is 4. The van der Waals surface area contributed by atoms with Gasteiger partial charge in [-0.15, -0.1) is 0 Å². The second kappa shape index (κ2) is 5.88. The van der Waals surface area contributed by atoms with Crippen molar-refractivity contribution in [2.24, 2.45) is 0 Å². The van der Waals surface area contributed by atoms with Crippen molar-refractivity contribution in [3.63, 3.8) is 0 Å². The third kappa shape index (κ3) is 2.54. The molecule has 0 fully saturated rings. The number of aryl methyl sites for hydroxylation is 3. The Balaban J connectivity index is 1.90. The molecule has 0 spiro atoms. The lowest BCUT2D eigenvalue weighted by atomic mass is 10.1. The van der Waals surface area contributed by atoms with E-state index in [4.69, 9.17) is 0 Å². The van der Waals surface area contributed by atoms with Crippen LogP contribution in [0.5, 0.6) is 0 Å². The fourth-order valence-electron chi connectivity index (χ4n) is 3.71. The van der Waals surface area contributed by atoms with E-state index in [1.165, 1.54) is 22.4 Å². The number of benzene rings is 2. The Hall–Kier alpha value is -2.88. The molecule has 25 heavy (non-hydrogen) atoms. The third-order valence-electron chi connectivity index (χ3n) is 4.72. The minimum atomic E-state index is 0.0969. The topological polar surface area (TPSA) is 32.3 Å². The summed E-state index contributed by atoms with van der Waals surface area (Å²) in [7, 11) is 0. The number of hydrogen-bond acceptors (Lipinski definition) is 4. The smallest absolute Gasteiger partial charge is 0.178 e. The first kappa shape index (κ1) is 15.6. The molecule has 2 aromatic carbocycles. The van der Waals surface area contributed by atoms with Crippen LogP contribution in [0.3, 0.4) is 0 Å². The normalized spacial score (nSPS) is 16.2. The highest BCUT2D eigenvalue weighted by Crippen LogP contribution is 2.45. The van der Waals surface area contributed by atoms with Crippen molar-refractivity contribution in [3.8, 4) is 0 Å². The molecule has 1 aromatic heterocycles. The van der Waals surface area contributed by atoms with Gasteiger partial charge in [0.15, 0.2) is 11.6 Å². The van der Waals surface area contributed by atoms with E-state index in [1.54, 1.807) is 12.4 Å². The summed E-state index contributed by atoms with van der Waals surface area (Å²) in [4.78, 5) is 13.9. The first-order chi connectivity index (χ1) is 12.1. The van der Waals surface area contributed by atoms with Crippen molar-refractivity contribution < 1.29 is 0 Å². The third-order valence-corrected chi connectivity index (χ3v) is 4.72. The van der Waals surface area contributed by atoms with Crippen LogP contribution in [-0.2, 0) is 0 Å². The predicted molar refractivity (Wildman–Crippen MR) is 103 cm³/mol. The Morgan fingerprint density at radius 1 is 0.800 bits per heavy atom. The standard InChI is InChI=1S/C21H22N4/c1-14-11-15(2)13-18(12-14)24-17(4)25(19-8-6-5-7-16(19)3)21-20(24)22-9-10-23-21/h5-13,17H,1-4H3/t17-/m1/s1. The molecule has 4 heteroatoms. The Kier molecular flexibility index (Phi) is 3.68. The largest absolute Gasteiger partial charge is 0.302 e. The van der Waals surface area contributed by atoms with Crippen molar-refractivity contribution in [1.82, 2.24) is 9.97 Å². The number of anilines is 4. The minimum Gasteiger partial charge on any atom is -0.302 e. The van der Waals surface area contributed by atoms with Gasteiger partial charge >= 0.3 is 0 Å². The van der Waals surface area contributed by atoms with Crippen LogP contribution in [-0.4, -0.2) is 16.1 Å². The van der Waals surface area contributed by atoms with Crippen LogP contribution < -0.4 is 9.80 Å². The summed E-state index contributed by atoms with van der Waals surface area (Å²) in [6.07, 6.45) is 3.63. The summed E-state index contributed by atoms with van der Waals surface area (Å²) in [5, 5.41) is 0. The van der Waals surface area contributed by atoms with Gasteiger partial charge in [-0.1, -0.05) is 24.3 Å².